The summed E-state index contributed by atoms with van der Waals surface area (Å²) in [5, 5.41) is 3.05. The number of carbonyl (C=O) groups is 1. The second-order valence-electron chi connectivity index (χ2n) is 8.11. The molecule has 0 aliphatic carbocycles. The van der Waals surface area contributed by atoms with Gasteiger partial charge in [-0.05, 0) is 74.2 Å². The zero-order chi connectivity index (χ0) is 24.2. The lowest BCUT2D eigenvalue weighted by Crippen LogP contribution is -2.28. The second kappa shape index (κ2) is 10.1. The number of aryl methyl sites for hydroxylation is 3. The fraction of sp³-hybridized carbons (Fsp3) is 0.269. The van der Waals surface area contributed by atoms with E-state index in [4.69, 9.17) is 4.74 Å². The third kappa shape index (κ3) is 5.73. The maximum absolute atomic E-state index is 13.0. The highest BCUT2D eigenvalue weighted by Gasteiger charge is 2.19. The van der Waals surface area contributed by atoms with Crippen LogP contribution in [0.25, 0.3) is 0 Å². The zero-order valence-electron chi connectivity index (χ0n) is 19.6. The Labute approximate surface area is 196 Å². The quantitative estimate of drug-likeness (QED) is 0.472. The number of benzene rings is 3. The molecule has 7 heteroatoms. The highest BCUT2D eigenvalue weighted by atomic mass is 32.2. The predicted molar refractivity (Wildman–Crippen MR) is 131 cm³/mol. The van der Waals surface area contributed by atoms with Crippen LogP contribution in [-0.2, 0) is 10.0 Å². The molecule has 0 aliphatic rings. The number of hydrogen-bond acceptors (Lipinski definition) is 4. The molecule has 1 atom stereocenters. The van der Waals surface area contributed by atoms with Crippen LogP contribution in [0.1, 0.15) is 52.0 Å². The van der Waals surface area contributed by atoms with E-state index in [2.05, 4.69) is 10.0 Å². The molecule has 0 aliphatic heterocycles. The van der Waals surface area contributed by atoms with Gasteiger partial charge in [0.15, 0.2) is 0 Å². The summed E-state index contributed by atoms with van der Waals surface area (Å²) in [6, 6.07) is 17.3. The van der Waals surface area contributed by atoms with E-state index < -0.39 is 10.0 Å². The van der Waals surface area contributed by atoms with E-state index >= 15 is 0 Å². The van der Waals surface area contributed by atoms with Gasteiger partial charge < -0.3 is 10.1 Å². The summed E-state index contributed by atoms with van der Waals surface area (Å²) in [5.74, 6) is 0.523. The summed E-state index contributed by atoms with van der Waals surface area (Å²) in [5.41, 5.74) is 4.42. The van der Waals surface area contributed by atoms with Gasteiger partial charge in [-0.2, -0.15) is 0 Å². The van der Waals surface area contributed by atoms with Crippen molar-refractivity contribution in [2.45, 2.75) is 45.1 Å². The van der Waals surface area contributed by atoms with Crippen LogP contribution in [0.2, 0.25) is 0 Å². The number of sulfonamides is 1. The minimum Gasteiger partial charge on any atom is -0.496 e. The molecule has 0 saturated heterocycles. The molecule has 3 aromatic rings. The van der Waals surface area contributed by atoms with Crippen molar-refractivity contribution in [3.05, 3.63) is 88.5 Å². The van der Waals surface area contributed by atoms with E-state index in [-0.39, 0.29) is 16.8 Å². The average molecular weight is 467 g/mol. The van der Waals surface area contributed by atoms with E-state index in [9.17, 15) is 13.2 Å². The van der Waals surface area contributed by atoms with E-state index in [1.54, 1.807) is 56.5 Å². The van der Waals surface area contributed by atoms with Crippen LogP contribution in [0.5, 0.6) is 5.75 Å². The molecule has 0 aromatic heterocycles. The topological polar surface area (TPSA) is 84.5 Å². The molecule has 0 fully saturated rings. The molecule has 0 unspecified atom stereocenters. The number of carbonyl (C=O) groups excluding carboxylic acids is 1. The molecule has 1 amide bonds. The molecule has 0 bridgehead atoms. The first-order valence-electron chi connectivity index (χ1n) is 10.8. The van der Waals surface area contributed by atoms with Gasteiger partial charge in [-0.25, -0.2) is 8.42 Å². The first-order chi connectivity index (χ1) is 15.6. The van der Waals surface area contributed by atoms with Gasteiger partial charge >= 0.3 is 0 Å². The van der Waals surface area contributed by atoms with Crippen molar-refractivity contribution >= 4 is 21.6 Å². The Balaban J connectivity index is 1.82. The number of nitrogens with one attached hydrogen (secondary N) is 2. The van der Waals surface area contributed by atoms with Gasteiger partial charge in [0.05, 0.1) is 23.7 Å². The first-order valence-corrected chi connectivity index (χ1v) is 12.3. The summed E-state index contributed by atoms with van der Waals surface area (Å²) in [6.07, 6.45) is 0.705. The van der Waals surface area contributed by atoms with Crippen molar-refractivity contribution in [3.8, 4) is 5.75 Å². The highest BCUT2D eigenvalue weighted by Crippen LogP contribution is 2.26. The summed E-state index contributed by atoms with van der Waals surface area (Å²) in [7, 11) is -2.14. The van der Waals surface area contributed by atoms with Crippen LogP contribution in [0.4, 0.5) is 5.69 Å². The molecule has 174 valence electrons. The lowest BCUT2D eigenvalue weighted by atomic mass is 10.0. The smallest absolute Gasteiger partial charge is 0.261 e. The van der Waals surface area contributed by atoms with Crippen molar-refractivity contribution in [3.63, 3.8) is 0 Å². The zero-order valence-corrected chi connectivity index (χ0v) is 20.4. The van der Waals surface area contributed by atoms with Gasteiger partial charge in [-0.3, -0.25) is 9.52 Å². The molecular weight excluding hydrogens is 436 g/mol. The number of methoxy groups -OCH3 is 1. The number of amides is 1. The van der Waals surface area contributed by atoms with Crippen molar-refractivity contribution in [2.24, 2.45) is 0 Å². The fourth-order valence-corrected chi connectivity index (χ4v) is 4.70. The van der Waals surface area contributed by atoms with E-state index in [1.807, 2.05) is 39.0 Å². The molecule has 33 heavy (non-hydrogen) atoms. The Morgan fingerprint density at radius 2 is 1.64 bits per heavy atom. The van der Waals surface area contributed by atoms with Crippen LogP contribution in [-0.4, -0.2) is 21.4 Å². The number of hydrogen-bond donors (Lipinski definition) is 2. The Hall–Kier alpha value is -3.32. The molecule has 0 spiro atoms. The number of ether oxygens (including phenoxy) is 1. The summed E-state index contributed by atoms with van der Waals surface area (Å²) in [6.45, 7) is 7.65. The monoisotopic (exact) mass is 466 g/mol. The van der Waals surface area contributed by atoms with Gasteiger partial charge in [0.2, 0.25) is 0 Å². The summed E-state index contributed by atoms with van der Waals surface area (Å²) in [4.78, 5) is 13.2. The van der Waals surface area contributed by atoms with Crippen molar-refractivity contribution < 1.29 is 17.9 Å². The van der Waals surface area contributed by atoms with Gasteiger partial charge in [-0.15, -0.1) is 0 Å². The lowest BCUT2D eigenvalue weighted by Gasteiger charge is -2.19. The fourth-order valence-electron chi connectivity index (χ4n) is 3.58. The first kappa shape index (κ1) is 24.3. The largest absolute Gasteiger partial charge is 0.496 e. The van der Waals surface area contributed by atoms with E-state index in [0.29, 0.717) is 17.7 Å². The van der Waals surface area contributed by atoms with Crippen molar-refractivity contribution in [1.82, 2.24) is 5.32 Å². The highest BCUT2D eigenvalue weighted by molar-refractivity contribution is 7.92. The van der Waals surface area contributed by atoms with Crippen LogP contribution in [0, 0.1) is 20.8 Å². The van der Waals surface area contributed by atoms with Crippen LogP contribution in [0.15, 0.2) is 65.6 Å². The number of anilines is 1. The SMILES string of the molecule is CC[C@H](NC(=O)c1ccc(C)c(NS(=O)(=O)c2ccc(C)cc2)c1)c1ccc(OC)c(C)c1. The molecule has 3 aromatic carbocycles. The van der Waals surface area contributed by atoms with Crippen LogP contribution >= 0.6 is 0 Å². The Morgan fingerprint density at radius 1 is 0.939 bits per heavy atom. The van der Waals surface area contributed by atoms with Gasteiger partial charge in [0.1, 0.15) is 5.75 Å². The van der Waals surface area contributed by atoms with E-state index in [1.165, 1.54) is 0 Å². The minimum absolute atomic E-state index is 0.170. The van der Waals surface area contributed by atoms with Gasteiger partial charge in [0, 0.05) is 5.56 Å². The second-order valence-corrected chi connectivity index (χ2v) is 9.79. The standard InChI is InChI=1S/C26H30N2O4S/c1-6-23(20-11-14-25(32-5)19(4)15-20)27-26(29)21-10-9-18(3)24(16-21)28-33(30,31)22-12-7-17(2)8-13-22/h7-16,23,28H,6H2,1-5H3,(H,27,29)/t23-/m0/s1. The predicted octanol–water partition coefficient (Wildman–Crippen LogP) is 5.30. The molecule has 0 heterocycles. The summed E-state index contributed by atoms with van der Waals surface area (Å²) < 4.78 is 33.6. The van der Waals surface area contributed by atoms with Crippen molar-refractivity contribution in [1.29, 1.82) is 0 Å². The Kier molecular flexibility index (Phi) is 7.43. The normalized spacial score (nSPS) is 12.2. The average Bonchev–Trinajstić information content (AvgIpc) is 2.78. The van der Waals surface area contributed by atoms with Gasteiger partial charge in [0.25, 0.3) is 15.9 Å². The molecule has 0 saturated carbocycles. The molecule has 2 N–H and O–H groups in total. The van der Waals surface area contributed by atoms with Crippen LogP contribution < -0.4 is 14.8 Å². The molecule has 0 radical (unpaired) electrons. The third-order valence-electron chi connectivity index (χ3n) is 5.61. The molecule has 3 rings (SSSR count). The Bertz CT molecular complexity index is 1250. The Morgan fingerprint density at radius 3 is 2.24 bits per heavy atom. The third-order valence-corrected chi connectivity index (χ3v) is 6.99. The van der Waals surface area contributed by atoms with Crippen molar-refractivity contribution in [2.75, 3.05) is 11.8 Å². The summed E-state index contributed by atoms with van der Waals surface area (Å²) >= 11 is 0. The minimum atomic E-state index is -3.77. The maximum Gasteiger partial charge on any atom is 0.261 e. The lowest BCUT2D eigenvalue weighted by molar-refractivity contribution is 0.0935. The number of rotatable bonds is 8. The molecular formula is C26H30N2O4S. The van der Waals surface area contributed by atoms with E-state index in [0.717, 1.165) is 28.0 Å². The van der Waals surface area contributed by atoms with Gasteiger partial charge in [-0.1, -0.05) is 42.8 Å². The van der Waals surface area contributed by atoms with Crippen LogP contribution in [0.3, 0.4) is 0 Å². The molecule has 6 nitrogen and oxygen atoms in total. The maximum atomic E-state index is 13.0.